The van der Waals surface area contributed by atoms with Crippen molar-refractivity contribution in [2.75, 3.05) is 24.9 Å². The second-order valence-corrected chi connectivity index (χ2v) is 8.83. The van der Waals surface area contributed by atoms with E-state index >= 15 is 0 Å². The van der Waals surface area contributed by atoms with Gasteiger partial charge in [0.15, 0.2) is 11.5 Å². The Balaban J connectivity index is 2.12. The minimum Gasteiger partial charge on any atom is -0.854 e. The maximum absolute atomic E-state index is 13.3. The molecule has 1 amide bonds. The van der Waals surface area contributed by atoms with Gasteiger partial charge in [-0.2, -0.15) is 0 Å². The number of aromatic nitrogens is 3. The summed E-state index contributed by atoms with van der Waals surface area (Å²) < 4.78 is 12.7. The number of para-hydroxylation sites is 1. The zero-order valence-corrected chi connectivity index (χ0v) is 20.2. The van der Waals surface area contributed by atoms with E-state index in [1.807, 2.05) is 25.1 Å². The summed E-state index contributed by atoms with van der Waals surface area (Å²) in [6, 6.07) is 10.6. The zero-order valence-electron chi connectivity index (χ0n) is 18.7. The minimum atomic E-state index is -0.836. The average molecular weight is 487 g/mol. The van der Waals surface area contributed by atoms with Gasteiger partial charge < -0.3 is 14.6 Å². The molecule has 0 fully saturated rings. The molecular weight excluding hydrogens is 464 g/mol. The van der Waals surface area contributed by atoms with Crippen LogP contribution >= 0.6 is 23.4 Å². The van der Waals surface area contributed by atoms with Gasteiger partial charge in [-0.25, -0.2) is 9.88 Å². The SMILES string of the molecule is CCSc1nc([O-])c2[n+](n1)C(c1cc(Cl)cc(OC)c1OC)N(C(=O)CC)c1ccccc1-2. The summed E-state index contributed by atoms with van der Waals surface area (Å²) >= 11 is 7.78. The van der Waals surface area contributed by atoms with Crippen molar-refractivity contribution in [3.8, 4) is 28.6 Å². The van der Waals surface area contributed by atoms with Crippen LogP contribution in [-0.4, -0.2) is 36.0 Å². The lowest BCUT2D eigenvalue weighted by Gasteiger charge is -2.34. The molecule has 0 saturated heterocycles. The fourth-order valence-electron chi connectivity index (χ4n) is 4.00. The molecule has 2 aromatic carbocycles. The van der Waals surface area contributed by atoms with E-state index in [1.165, 1.54) is 26.0 Å². The fourth-order valence-corrected chi connectivity index (χ4v) is 4.76. The van der Waals surface area contributed by atoms with Gasteiger partial charge in [-0.1, -0.05) is 54.0 Å². The predicted octanol–water partition coefficient (Wildman–Crippen LogP) is 3.59. The number of hydrogen-bond acceptors (Lipinski definition) is 7. The number of thioether (sulfide) groups is 1. The molecule has 10 heteroatoms. The van der Waals surface area contributed by atoms with E-state index in [1.54, 1.807) is 34.7 Å². The third-order valence-corrected chi connectivity index (χ3v) is 6.25. The highest BCUT2D eigenvalue weighted by Crippen LogP contribution is 2.45. The van der Waals surface area contributed by atoms with E-state index in [2.05, 4.69) is 10.1 Å². The van der Waals surface area contributed by atoms with Crippen molar-refractivity contribution in [2.45, 2.75) is 31.6 Å². The zero-order chi connectivity index (χ0) is 23.7. The van der Waals surface area contributed by atoms with Gasteiger partial charge in [-0.15, -0.1) is 0 Å². The third-order valence-electron chi connectivity index (χ3n) is 5.31. The normalized spacial score (nSPS) is 14.5. The number of ether oxygens (including phenoxy) is 2. The maximum atomic E-state index is 13.3. The highest BCUT2D eigenvalue weighted by molar-refractivity contribution is 7.99. The first-order chi connectivity index (χ1) is 15.9. The van der Waals surface area contributed by atoms with Crippen LogP contribution in [0.3, 0.4) is 0 Å². The summed E-state index contributed by atoms with van der Waals surface area (Å²) in [7, 11) is 3.03. The molecule has 1 aromatic heterocycles. The van der Waals surface area contributed by atoms with Crippen LogP contribution in [0.5, 0.6) is 17.4 Å². The molecule has 1 aliphatic heterocycles. The third kappa shape index (κ3) is 3.95. The summed E-state index contributed by atoms with van der Waals surface area (Å²) in [5.74, 6) is 0.919. The summed E-state index contributed by atoms with van der Waals surface area (Å²) in [6.07, 6.45) is -0.594. The van der Waals surface area contributed by atoms with Gasteiger partial charge in [0.05, 0.1) is 36.9 Å². The Labute approximate surface area is 201 Å². The number of carbonyl (C=O) groups excluding carboxylic acids is 1. The Kier molecular flexibility index (Phi) is 6.62. The Morgan fingerprint density at radius 3 is 2.67 bits per heavy atom. The van der Waals surface area contributed by atoms with E-state index in [4.69, 9.17) is 21.1 Å². The van der Waals surface area contributed by atoms with Crippen LogP contribution in [0, 0.1) is 0 Å². The van der Waals surface area contributed by atoms with Crippen LogP contribution in [0.25, 0.3) is 11.3 Å². The van der Waals surface area contributed by atoms with Crippen molar-refractivity contribution in [1.29, 1.82) is 0 Å². The van der Waals surface area contributed by atoms with Crippen LogP contribution in [0.15, 0.2) is 41.6 Å². The Bertz CT molecular complexity index is 1220. The van der Waals surface area contributed by atoms with Gasteiger partial charge in [-0.05, 0) is 24.0 Å². The molecule has 0 bridgehead atoms. The number of methoxy groups -OCH3 is 2. The number of rotatable bonds is 6. The quantitative estimate of drug-likeness (QED) is 0.388. The van der Waals surface area contributed by atoms with Crippen LogP contribution < -0.4 is 24.2 Å². The first kappa shape index (κ1) is 23.1. The average Bonchev–Trinajstić information content (AvgIpc) is 2.81. The monoisotopic (exact) mass is 486 g/mol. The molecule has 0 N–H and O–H groups in total. The summed E-state index contributed by atoms with van der Waals surface area (Å²) in [5, 5.41) is 18.6. The first-order valence-corrected chi connectivity index (χ1v) is 11.8. The van der Waals surface area contributed by atoms with Crippen molar-refractivity contribution in [2.24, 2.45) is 0 Å². The Hall–Kier alpha value is -3.04. The standard InChI is InChI=1S/C23H23ClN4O4S/c1-5-18(29)27-16-10-8-7-9-14(16)19-21(30)25-23(33-6-2)26-28(19)22(27)15-11-13(24)12-17(31-3)20(15)32-4/h7-12,22H,5-6H2,1-4H3. The van der Waals surface area contributed by atoms with Crippen LogP contribution in [0.4, 0.5) is 5.69 Å². The fraction of sp³-hybridized carbons (Fsp3) is 0.304. The van der Waals surface area contributed by atoms with E-state index in [0.717, 1.165) is 0 Å². The number of carbonyl (C=O) groups is 1. The van der Waals surface area contributed by atoms with Gasteiger partial charge >= 0.3 is 0 Å². The molecule has 1 aliphatic rings. The van der Waals surface area contributed by atoms with Crippen LogP contribution in [-0.2, 0) is 4.79 Å². The molecule has 2 heterocycles. The number of hydrogen-bond donors (Lipinski definition) is 0. The predicted molar refractivity (Wildman–Crippen MR) is 124 cm³/mol. The molecule has 1 atom stereocenters. The highest BCUT2D eigenvalue weighted by atomic mass is 35.5. The molecule has 172 valence electrons. The van der Waals surface area contributed by atoms with Crippen molar-refractivity contribution in [3.63, 3.8) is 0 Å². The molecular formula is C23H23ClN4O4S. The van der Waals surface area contributed by atoms with E-state index < -0.39 is 12.0 Å². The second-order valence-electron chi connectivity index (χ2n) is 7.16. The highest BCUT2D eigenvalue weighted by Gasteiger charge is 2.46. The van der Waals surface area contributed by atoms with Crippen LogP contribution in [0.2, 0.25) is 5.02 Å². The summed E-state index contributed by atoms with van der Waals surface area (Å²) in [4.78, 5) is 19.1. The largest absolute Gasteiger partial charge is 0.854 e. The molecule has 33 heavy (non-hydrogen) atoms. The number of amides is 1. The summed E-state index contributed by atoms with van der Waals surface area (Å²) in [6.45, 7) is 3.74. The van der Waals surface area contributed by atoms with E-state index in [9.17, 15) is 9.90 Å². The molecule has 0 saturated carbocycles. The molecule has 0 spiro atoms. The van der Waals surface area contributed by atoms with Gasteiger partial charge in [0.2, 0.25) is 5.91 Å². The number of halogens is 1. The van der Waals surface area contributed by atoms with Gasteiger partial charge in [0.1, 0.15) is 0 Å². The Morgan fingerprint density at radius 2 is 2.00 bits per heavy atom. The molecule has 3 aromatic rings. The molecule has 0 radical (unpaired) electrons. The minimum absolute atomic E-state index is 0.151. The van der Waals surface area contributed by atoms with Gasteiger partial charge in [0.25, 0.3) is 17.0 Å². The maximum Gasteiger partial charge on any atom is 0.296 e. The number of nitrogens with zero attached hydrogens (tertiary/aromatic N) is 4. The second kappa shape index (κ2) is 9.44. The van der Waals surface area contributed by atoms with Gasteiger partial charge in [-0.3, -0.25) is 4.79 Å². The van der Waals surface area contributed by atoms with Crippen molar-refractivity contribution in [1.82, 2.24) is 10.1 Å². The van der Waals surface area contributed by atoms with Gasteiger partial charge in [0, 0.05) is 22.6 Å². The molecule has 4 rings (SSSR count). The Morgan fingerprint density at radius 1 is 1.24 bits per heavy atom. The number of fused-ring (bicyclic) bond motifs is 3. The summed E-state index contributed by atoms with van der Waals surface area (Å²) in [5.41, 5.74) is 2.00. The lowest BCUT2D eigenvalue weighted by Crippen LogP contribution is -2.59. The van der Waals surface area contributed by atoms with E-state index in [0.29, 0.717) is 44.2 Å². The first-order valence-electron chi connectivity index (χ1n) is 10.4. The van der Waals surface area contributed by atoms with Crippen LogP contribution in [0.1, 0.15) is 32.0 Å². The topological polar surface area (TPSA) is 91.5 Å². The molecule has 1 unspecified atom stereocenters. The van der Waals surface area contributed by atoms with Crippen molar-refractivity contribution in [3.05, 3.63) is 47.0 Å². The van der Waals surface area contributed by atoms with E-state index in [-0.39, 0.29) is 18.0 Å². The lowest BCUT2D eigenvalue weighted by molar-refractivity contribution is -0.764. The number of anilines is 1. The van der Waals surface area contributed by atoms with Crippen molar-refractivity contribution < 1.29 is 24.1 Å². The lowest BCUT2D eigenvalue weighted by atomic mass is 10.00. The van der Waals surface area contributed by atoms with Crippen molar-refractivity contribution >= 4 is 35.0 Å². The molecule has 8 nitrogen and oxygen atoms in total. The molecule has 0 aliphatic carbocycles. The smallest absolute Gasteiger partial charge is 0.296 e. The number of benzene rings is 2.